The molecule has 10 aliphatic rings. The lowest BCUT2D eigenvalue weighted by atomic mass is 9.69. The number of allylic oxidation sites excluding steroid dienone is 21. The third-order valence-corrected chi connectivity index (χ3v) is 13.6. The fraction of sp³-hybridized carbons (Fsp3) is 0.306. The molecule has 2 aliphatic heterocycles. The molecular weight excluding hydrogens is 617 g/mol. The van der Waals surface area contributed by atoms with Gasteiger partial charge in [0.1, 0.15) is 0 Å². The topological polar surface area (TPSA) is 15.3 Å². The van der Waals surface area contributed by atoms with Crippen molar-refractivity contribution in [1.82, 2.24) is 10.2 Å². The number of benzene rings is 1. The molecular formula is C49H46N2. The first-order chi connectivity index (χ1) is 25.3. The lowest BCUT2D eigenvalue weighted by Gasteiger charge is -2.37. The molecule has 1 aromatic rings. The highest BCUT2D eigenvalue weighted by Crippen LogP contribution is 2.62. The molecule has 2 heteroatoms. The summed E-state index contributed by atoms with van der Waals surface area (Å²) in [7, 11) is 0. The molecule has 1 saturated heterocycles. The Morgan fingerprint density at radius 1 is 0.588 bits per heavy atom. The largest absolute Gasteiger partial charge is 0.294 e. The lowest BCUT2D eigenvalue weighted by molar-refractivity contribution is 0.195. The Bertz CT molecular complexity index is 2250. The fourth-order valence-electron chi connectivity index (χ4n) is 11.4. The van der Waals surface area contributed by atoms with Crippen LogP contribution in [0.25, 0.3) is 11.1 Å². The number of hydrogen-bond donors (Lipinski definition) is 1. The second-order valence-corrected chi connectivity index (χ2v) is 16.1. The second-order valence-electron chi connectivity index (χ2n) is 16.1. The summed E-state index contributed by atoms with van der Waals surface area (Å²) in [6.45, 7) is 1.09. The molecule has 2 fully saturated rings. The van der Waals surface area contributed by atoms with E-state index in [-0.39, 0.29) is 0 Å². The molecule has 0 amide bonds. The Morgan fingerprint density at radius 2 is 1.29 bits per heavy atom. The Balaban J connectivity index is 0.971. The monoisotopic (exact) mass is 662 g/mol. The van der Waals surface area contributed by atoms with Gasteiger partial charge in [0.05, 0.1) is 6.17 Å². The summed E-state index contributed by atoms with van der Waals surface area (Å²) in [5.41, 5.74) is 12.6. The van der Waals surface area contributed by atoms with Crippen LogP contribution in [0.3, 0.4) is 0 Å². The maximum absolute atomic E-state index is 4.04. The van der Waals surface area contributed by atoms with Gasteiger partial charge in [0, 0.05) is 48.2 Å². The summed E-state index contributed by atoms with van der Waals surface area (Å²) < 4.78 is 0. The highest BCUT2D eigenvalue weighted by molar-refractivity contribution is 5.85. The third-order valence-electron chi connectivity index (χ3n) is 13.6. The van der Waals surface area contributed by atoms with Crippen molar-refractivity contribution in [2.75, 3.05) is 6.54 Å². The van der Waals surface area contributed by atoms with Crippen LogP contribution in [0, 0.1) is 35.5 Å². The Labute approximate surface area is 302 Å². The van der Waals surface area contributed by atoms with Crippen LogP contribution in [0.2, 0.25) is 0 Å². The number of hydrogen-bond acceptors (Lipinski definition) is 2. The average molecular weight is 663 g/mol. The molecule has 1 aromatic carbocycles. The average Bonchev–Trinajstić information content (AvgIpc) is 3.79. The summed E-state index contributed by atoms with van der Waals surface area (Å²) in [5, 5.41) is 6.97. The van der Waals surface area contributed by atoms with Crippen LogP contribution in [0.4, 0.5) is 0 Å². The molecule has 252 valence electrons. The van der Waals surface area contributed by atoms with Crippen LogP contribution in [-0.2, 0) is 0 Å². The van der Waals surface area contributed by atoms with Gasteiger partial charge in [-0.3, -0.25) is 10.2 Å². The van der Waals surface area contributed by atoms with Crippen molar-refractivity contribution in [2.45, 2.75) is 50.4 Å². The minimum absolute atomic E-state index is 0.329. The van der Waals surface area contributed by atoms with Crippen molar-refractivity contribution in [2.24, 2.45) is 35.5 Å². The summed E-state index contributed by atoms with van der Waals surface area (Å²) >= 11 is 0. The molecule has 9 atom stereocenters. The molecule has 8 aliphatic carbocycles. The molecule has 0 radical (unpaired) electrons. The SMILES string of the molecule is C1=CCCC(C2=c3ccccc3=C(C3=CC=CCC3)C3C4=CC=C(C5=CC=CC(C6CN7C(C=CC8C=CC=CC87)N6)C5)C5C=CC=C(C45)C23)=C1. The van der Waals surface area contributed by atoms with Gasteiger partial charge in [-0.05, 0) is 81.9 Å². The maximum Gasteiger partial charge on any atom is 0.0798 e. The normalized spacial score (nSPS) is 36.7. The number of fused-ring (bicyclic) bond motifs is 7. The third kappa shape index (κ3) is 4.69. The van der Waals surface area contributed by atoms with Gasteiger partial charge >= 0.3 is 0 Å². The molecule has 0 bridgehead atoms. The van der Waals surface area contributed by atoms with Crippen LogP contribution in [0.15, 0.2) is 179 Å². The molecule has 0 spiro atoms. The van der Waals surface area contributed by atoms with Gasteiger partial charge in [-0.1, -0.05) is 157 Å². The molecule has 51 heavy (non-hydrogen) atoms. The Kier molecular flexibility index (Phi) is 7.12. The first-order valence-corrected chi connectivity index (χ1v) is 19.6. The van der Waals surface area contributed by atoms with Crippen molar-refractivity contribution < 1.29 is 0 Å². The summed E-state index contributed by atoms with van der Waals surface area (Å²) in [4.78, 5) is 2.69. The van der Waals surface area contributed by atoms with E-state index in [9.17, 15) is 0 Å². The minimum atomic E-state index is 0.329. The zero-order valence-corrected chi connectivity index (χ0v) is 29.2. The number of rotatable bonds is 4. The van der Waals surface area contributed by atoms with Crippen LogP contribution < -0.4 is 15.8 Å². The first kappa shape index (κ1) is 30.2. The predicted molar refractivity (Wildman–Crippen MR) is 210 cm³/mol. The fourth-order valence-corrected chi connectivity index (χ4v) is 11.4. The summed E-state index contributed by atoms with van der Waals surface area (Å²) in [6.07, 6.45) is 54.0. The zero-order valence-electron chi connectivity index (χ0n) is 29.2. The van der Waals surface area contributed by atoms with E-state index in [4.69, 9.17) is 0 Å². The maximum atomic E-state index is 4.04. The van der Waals surface area contributed by atoms with E-state index in [0.29, 0.717) is 53.8 Å². The van der Waals surface area contributed by atoms with Gasteiger partial charge < -0.3 is 0 Å². The standard InChI is InChI=1S/C49H46N2/c1-3-14-32(15-4-1)45-38-20-8-9-21-39(38)46(33-16-5-2-6-17-33)49-41-27-26-36(37-22-12-23-40(47(37)41)48(45)49)34-18-11-19-35(29-34)42-30-51-43-24-10-7-13-31(43)25-28-44(51)50-42/h1-3,5,7-14,16,18-28,31,35,37,42-44,47-50H,4,6,15,17,29-30H2. The quantitative estimate of drug-likeness (QED) is 0.327. The predicted octanol–water partition coefficient (Wildman–Crippen LogP) is 8.18. The number of nitrogens with zero attached hydrogens (tertiary/aromatic N) is 1. The summed E-state index contributed by atoms with van der Waals surface area (Å²) in [5.74, 6) is 2.53. The van der Waals surface area contributed by atoms with Gasteiger partial charge in [0.15, 0.2) is 0 Å². The van der Waals surface area contributed by atoms with Crippen molar-refractivity contribution in [1.29, 1.82) is 0 Å². The van der Waals surface area contributed by atoms with Crippen molar-refractivity contribution in [3.05, 3.63) is 190 Å². The molecule has 1 saturated carbocycles. The highest BCUT2D eigenvalue weighted by atomic mass is 15.4. The Morgan fingerprint density at radius 3 is 2.04 bits per heavy atom. The van der Waals surface area contributed by atoms with Crippen molar-refractivity contribution >= 4 is 11.1 Å². The minimum Gasteiger partial charge on any atom is -0.294 e. The van der Waals surface area contributed by atoms with E-state index >= 15 is 0 Å². The zero-order chi connectivity index (χ0) is 33.5. The van der Waals surface area contributed by atoms with E-state index in [1.54, 1.807) is 33.4 Å². The lowest BCUT2D eigenvalue weighted by Crippen LogP contribution is -2.47. The Hall–Kier alpha value is -4.50. The van der Waals surface area contributed by atoms with E-state index in [1.807, 2.05) is 0 Å². The van der Waals surface area contributed by atoms with Crippen molar-refractivity contribution in [3.63, 3.8) is 0 Å². The summed E-state index contributed by atoms with van der Waals surface area (Å²) in [6, 6.07) is 10.3. The van der Waals surface area contributed by atoms with Gasteiger partial charge in [-0.2, -0.15) is 0 Å². The molecule has 0 aromatic heterocycles. The number of nitrogens with one attached hydrogen (secondary N) is 1. The first-order valence-electron chi connectivity index (χ1n) is 19.6. The van der Waals surface area contributed by atoms with Gasteiger partial charge in [-0.25, -0.2) is 0 Å². The van der Waals surface area contributed by atoms with Gasteiger partial charge in [0.2, 0.25) is 0 Å². The van der Waals surface area contributed by atoms with E-state index in [0.717, 1.165) is 38.6 Å². The molecule has 9 unspecified atom stereocenters. The van der Waals surface area contributed by atoms with Crippen LogP contribution in [-0.4, -0.2) is 29.7 Å². The molecule has 2 nitrogen and oxygen atoms in total. The van der Waals surface area contributed by atoms with Gasteiger partial charge in [0.25, 0.3) is 0 Å². The van der Waals surface area contributed by atoms with Crippen LogP contribution >= 0.6 is 0 Å². The van der Waals surface area contributed by atoms with E-state index in [1.165, 1.54) is 21.6 Å². The van der Waals surface area contributed by atoms with Crippen LogP contribution in [0.5, 0.6) is 0 Å². The van der Waals surface area contributed by atoms with Gasteiger partial charge in [-0.15, -0.1) is 0 Å². The van der Waals surface area contributed by atoms with E-state index in [2.05, 4.69) is 156 Å². The van der Waals surface area contributed by atoms with Crippen LogP contribution in [0.1, 0.15) is 32.1 Å². The van der Waals surface area contributed by atoms with E-state index < -0.39 is 0 Å². The molecule has 2 heterocycles. The second kappa shape index (κ2) is 12.0. The van der Waals surface area contributed by atoms with Crippen molar-refractivity contribution in [3.8, 4) is 0 Å². The molecule has 11 rings (SSSR count). The molecule has 1 N–H and O–H groups in total. The highest BCUT2D eigenvalue weighted by Gasteiger charge is 2.52. The smallest absolute Gasteiger partial charge is 0.0798 e.